The van der Waals surface area contributed by atoms with E-state index in [1.54, 1.807) is 4.90 Å². The van der Waals surface area contributed by atoms with Gasteiger partial charge in [-0.15, -0.1) is 0 Å². The van der Waals surface area contributed by atoms with Crippen LogP contribution in [-0.2, 0) is 25.6 Å². The highest BCUT2D eigenvalue weighted by Crippen LogP contribution is 2.30. The van der Waals surface area contributed by atoms with Gasteiger partial charge in [0.15, 0.2) is 0 Å². The van der Waals surface area contributed by atoms with Gasteiger partial charge in [0.1, 0.15) is 19.0 Å². The maximum atomic E-state index is 13.0. The average Bonchev–Trinajstić information content (AvgIpc) is 2.95. The molecular weight excluding hydrogens is 508 g/mol. The molecule has 0 N–H and O–H groups in total. The Hall–Kier alpha value is -2.94. The van der Waals surface area contributed by atoms with Gasteiger partial charge in [-0.05, 0) is 77.0 Å². The molecule has 1 amide bonds. The number of nitrogens with zero attached hydrogens (tertiary/aromatic N) is 2. The number of carbonyl (C=O) groups is 1. The molecule has 8 heteroatoms. The van der Waals surface area contributed by atoms with Crippen LogP contribution >= 0.6 is 0 Å². The average molecular weight is 553 g/mol. The zero-order valence-corrected chi connectivity index (χ0v) is 24.3. The molecule has 3 unspecified atom stereocenters. The number of hydrogen-bond acceptors (Lipinski definition) is 7. The van der Waals surface area contributed by atoms with Crippen molar-refractivity contribution in [3.8, 4) is 5.88 Å². The lowest BCUT2D eigenvalue weighted by molar-refractivity contribution is -0.137. The molecule has 0 radical (unpaired) electrons. The number of piperidine rings is 1. The molecule has 0 saturated carbocycles. The Kier molecular flexibility index (Phi) is 11.0. The summed E-state index contributed by atoms with van der Waals surface area (Å²) >= 11 is 0. The van der Waals surface area contributed by atoms with Gasteiger partial charge >= 0.3 is 6.09 Å². The monoisotopic (exact) mass is 552 g/mol. The van der Waals surface area contributed by atoms with E-state index in [9.17, 15) is 4.79 Å². The fourth-order valence-electron chi connectivity index (χ4n) is 5.01. The van der Waals surface area contributed by atoms with Crippen molar-refractivity contribution in [2.24, 2.45) is 0 Å². The minimum atomic E-state index is -0.565. The van der Waals surface area contributed by atoms with Crippen molar-refractivity contribution in [3.63, 3.8) is 0 Å². The molecule has 218 valence electrons. The van der Waals surface area contributed by atoms with Crippen LogP contribution in [0.2, 0.25) is 0 Å². The van der Waals surface area contributed by atoms with E-state index in [1.807, 2.05) is 76.2 Å². The predicted octanol–water partition coefficient (Wildman–Crippen LogP) is 6.39. The van der Waals surface area contributed by atoms with Crippen molar-refractivity contribution in [1.82, 2.24) is 9.88 Å². The van der Waals surface area contributed by atoms with Crippen LogP contribution < -0.4 is 4.74 Å². The van der Waals surface area contributed by atoms with Crippen LogP contribution in [0.25, 0.3) is 5.57 Å². The highest BCUT2D eigenvalue weighted by Gasteiger charge is 2.38. The van der Waals surface area contributed by atoms with Crippen molar-refractivity contribution < 1.29 is 28.5 Å². The standard InChI is InChI=1S/C32H44N2O6/c1-5-36-23-39-29-14-10-20-34(31(35)40-32(2,3)4)28(29)22-37-26-18-16-25(17-19-26)27-13-9-15-30(33-27)38-21-24-11-7-6-8-12-24/h6-9,11-13,15-16,26,28-29H,5,10,14,17-23H2,1-4H3. The van der Waals surface area contributed by atoms with Crippen LogP contribution in [0.5, 0.6) is 5.88 Å². The number of pyridine rings is 1. The summed E-state index contributed by atoms with van der Waals surface area (Å²) in [6.07, 6.45) is 6.03. The minimum absolute atomic E-state index is 0.0659. The van der Waals surface area contributed by atoms with Gasteiger partial charge < -0.3 is 28.6 Å². The van der Waals surface area contributed by atoms with E-state index in [0.717, 1.165) is 43.4 Å². The summed E-state index contributed by atoms with van der Waals surface area (Å²) < 4.78 is 29.5. The zero-order chi connectivity index (χ0) is 28.4. The highest BCUT2D eigenvalue weighted by molar-refractivity contribution is 5.69. The molecule has 1 saturated heterocycles. The molecule has 0 bridgehead atoms. The molecule has 1 fully saturated rings. The van der Waals surface area contributed by atoms with E-state index in [2.05, 4.69) is 6.08 Å². The number of ether oxygens (including phenoxy) is 5. The molecule has 8 nitrogen and oxygen atoms in total. The SMILES string of the molecule is CCOCOC1CCCN(C(=O)OC(C)(C)C)C1COC1CC=C(c2cccc(OCc3ccccc3)n2)CC1. The summed E-state index contributed by atoms with van der Waals surface area (Å²) in [7, 11) is 0. The largest absolute Gasteiger partial charge is 0.473 e. The maximum absolute atomic E-state index is 13.0. The molecule has 3 atom stereocenters. The summed E-state index contributed by atoms with van der Waals surface area (Å²) in [6.45, 7) is 9.88. The smallest absolute Gasteiger partial charge is 0.410 e. The summed E-state index contributed by atoms with van der Waals surface area (Å²) in [5.41, 5.74) is 2.69. The number of aromatic nitrogens is 1. The summed E-state index contributed by atoms with van der Waals surface area (Å²) in [6, 6.07) is 15.8. The molecule has 2 aliphatic rings. The third-order valence-corrected chi connectivity index (χ3v) is 7.06. The van der Waals surface area contributed by atoms with Crippen molar-refractivity contribution in [3.05, 3.63) is 65.9 Å². The number of hydrogen-bond donors (Lipinski definition) is 0. The molecule has 1 aromatic carbocycles. The second kappa shape index (κ2) is 14.6. The zero-order valence-electron chi connectivity index (χ0n) is 24.3. The van der Waals surface area contributed by atoms with Gasteiger partial charge in [-0.3, -0.25) is 0 Å². The molecule has 2 heterocycles. The second-order valence-corrected chi connectivity index (χ2v) is 11.3. The Balaban J connectivity index is 1.34. The van der Waals surface area contributed by atoms with Crippen LogP contribution in [0.1, 0.15) is 71.1 Å². The Bertz CT molecular complexity index is 1100. The van der Waals surface area contributed by atoms with Gasteiger partial charge in [-0.1, -0.05) is 42.5 Å². The number of likely N-dealkylation sites (tertiary alicyclic amines) is 1. The summed E-state index contributed by atoms with van der Waals surface area (Å²) in [5, 5.41) is 0. The molecule has 2 aromatic rings. The van der Waals surface area contributed by atoms with Gasteiger partial charge in [-0.2, -0.15) is 0 Å². The van der Waals surface area contributed by atoms with Crippen molar-refractivity contribution >= 4 is 11.7 Å². The Morgan fingerprint density at radius 2 is 1.88 bits per heavy atom. The van der Waals surface area contributed by atoms with Crippen LogP contribution in [0, 0.1) is 0 Å². The topological polar surface area (TPSA) is 79.4 Å². The van der Waals surface area contributed by atoms with Crippen LogP contribution in [0.4, 0.5) is 4.79 Å². The van der Waals surface area contributed by atoms with E-state index in [0.29, 0.717) is 32.2 Å². The number of carbonyl (C=O) groups excluding carboxylic acids is 1. The fraction of sp³-hybridized carbons (Fsp3) is 0.562. The lowest BCUT2D eigenvalue weighted by Crippen LogP contribution is -2.55. The molecule has 1 aliphatic heterocycles. The summed E-state index contributed by atoms with van der Waals surface area (Å²) in [5.74, 6) is 0.623. The number of benzene rings is 1. The van der Waals surface area contributed by atoms with Gasteiger partial charge in [0, 0.05) is 19.2 Å². The Labute approximate surface area is 238 Å². The highest BCUT2D eigenvalue weighted by atomic mass is 16.7. The first-order valence-corrected chi connectivity index (χ1v) is 14.5. The van der Waals surface area contributed by atoms with Gasteiger partial charge in [-0.25, -0.2) is 9.78 Å². The molecule has 0 spiro atoms. The summed E-state index contributed by atoms with van der Waals surface area (Å²) in [4.78, 5) is 19.6. The van der Waals surface area contributed by atoms with Crippen molar-refractivity contribution in [2.45, 2.75) is 90.3 Å². The minimum Gasteiger partial charge on any atom is -0.473 e. The second-order valence-electron chi connectivity index (χ2n) is 11.3. The molecular formula is C32H44N2O6. The van der Waals surface area contributed by atoms with E-state index in [4.69, 9.17) is 28.7 Å². The van der Waals surface area contributed by atoms with Gasteiger partial charge in [0.25, 0.3) is 0 Å². The first-order chi connectivity index (χ1) is 19.3. The van der Waals surface area contributed by atoms with Crippen molar-refractivity contribution in [1.29, 1.82) is 0 Å². The van der Waals surface area contributed by atoms with Crippen LogP contribution in [0.3, 0.4) is 0 Å². The lowest BCUT2D eigenvalue weighted by atomic mass is 9.94. The van der Waals surface area contributed by atoms with Crippen molar-refractivity contribution in [2.75, 3.05) is 26.6 Å². The predicted molar refractivity (Wildman–Crippen MR) is 154 cm³/mol. The van der Waals surface area contributed by atoms with E-state index >= 15 is 0 Å². The first-order valence-electron chi connectivity index (χ1n) is 14.5. The lowest BCUT2D eigenvalue weighted by Gasteiger charge is -2.41. The van der Waals surface area contributed by atoms with E-state index in [-0.39, 0.29) is 31.1 Å². The van der Waals surface area contributed by atoms with Gasteiger partial charge in [0.2, 0.25) is 5.88 Å². The molecule has 4 rings (SSSR count). The third kappa shape index (κ3) is 9.04. The molecule has 1 aromatic heterocycles. The van der Waals surface area contributed by atoms with E-state index in [1.165, 1.54) is 5.57 Å². The Morgan fingerprint density at radius 3 is 2.60 bits per heavy atom. The normalized spacial score (nSPS) is 21.6. The number of amides is 1. The van der Waals surface area contributed by atoms with Gasteiger partial charge in [0.05, 0.1) is 30.6 Å². The molecule has 40 heavy (non-hydrogen) atoms. The fourth-order valence-corrected chi connectivity index (χ4v) is 5.01. The Morgan fingerprint density at radius 1 is 1.05 bits per heavy atom. The molecule has 1 aliphatic carbocycles. The van der Waals surface area contributed by atoms with Crippen LogP contribution in [-0.4, -0.2) is 66.4 Å². The van der Waals surface area contributed by atoms with E-state index < -0.39 is 5.60 Å². The number of allylic oxidation sites excluding steroid dienone is 1. The maximum Gasteiger partial charge on any atom is 0.410 e. The number of rotatable bonds is 11. The first kappa shape index (κ1) is 30.0. The van der Waals surface area contributed by atoms with Crippen LogP contribution in [0.15, 0.2) is 54.6 Å². The third-order valence-electron chi connectivity index (χ3n) is 7.06. The quantitative estimate of drug-likeness (QED) is 0.236.